The van der Waals surface area contributed by atoms with Gasteiger partial charge in [0.25, 0.3) is 5.91 Å². The number of carbonyl (C=O) groups excluding carboxylic acids is 1. The molecule has 1 aromatic carbocycles. The molecule has 1 fully saturated rings. The van der Waals surface area contributed by atoms with Crippen molar-refractivity contribution < 1.29 is 9.53 Å². The van der Waals surface area contributed by atoms with Gasteiger partial charge >= 0.3 is 0 Å². The van der Waals surface area contributed by atoms with Gasteiger partial charge in [0, 0.05) is 37.1 Å². The molecule has 0 bridgehead atoms. The van der Waals surface area contributed by atoms with E-state index in [0.717, 1.165) is 37.3 Å². The van der Waals surface area contributed by atoms with Crippen molar-refractivity contribution in [1.82, 2.24) is 19.6 Å². The average Bonchev–Trinajstić information content (AvgIpc) is 3.15. The molecule has 1 saturated heterocycles. The van der Waals surface area contributed by atoms with Crippen molar-refractivity contribution in [3.8, 4) is 5.75 Å². The van der Waals surface area contributed by atoms with Gasteiger partial charge < -0.3 is 19.4 Å². The summed E-state index contributed by atoms with van der Waals surface area (Å²) in [6.45, 7) is 1.93. The lowest BCUT2D eigenvalue weighted by Crippen LogP contribution is -2.46. The summed E-state index contributed by atoms with van der Waals surface area (Å²) in [6.07, 6.45) is 6.06. The van der Waals surface area contributed by atoms with Crippen molar-refractivity contribution in [2.24, 2.45) is 0 Å². The quantitative estimate of drug-likeness (QED) is 0.756. The second kappa shape index (κ2) is 7.80. The molecule has 0 saturated carbocycles. The number of ether oxygens (including phenoxy) is 1. The number of aromatic nitrogens is 2. The van der Waals surface area contributed by atoms with Crippen LogP contribution in [-0.2, 0) is 6.61 Å². The lowest BCUT2D eigenvalue weighted by molar-refractivity contribution is 0.0697. The molecule has 4 rings (SSSR count). The fourth-order valence-corrected chi connectivity index (χ4v) is 3.51. The van der Waals surface area contributed by atoms with E-state index in [9.17, 15) is 4.79 Å². The summed E-state index contributed by atoms with van der Waals surface area (Å²) < 4.78 is 7.85. The standard InChI is InChI=1S/C21H24N4O2/c1-22-17-7-5-11-25(13-17)21(26)16-6-4-8-19(12-16)27-15-18-14-24-10-3-2-9-20(24)23-18/h2-4,6,8-10,12,14,17,22H,5,7,11,13,15H2,1H3. The third-order valence-corrected chi connectivity index (χ3v) is 5.00. The first-order chi connectivity index (χ1) is 13.2. The molecule has 6 nitrogen and oxygen atoms in total. The molecule has 6 heteroatoms. The highest BCUT2D eigenvalue weighted by molar-refractivity contribution is 5.94. The first-order valence-corrected chi connectivity index (χ1v) is 9.35. The van der Waals surface area contributed by atoms with E-state index in [1.165, 1.54) is 0 Å². The van der Waals surface area contributed by atoms with Gasteiger partial charge in [-0.25, -0.2) is 4.98 Å². The Kier molecular flexibility index (Phi) is 5.07. The maximum atomic E-state index is 12.8. The number of rotatable bonds is 5. The summed E-state index contributed by atoms with van der Waals surface area (Å²) in [6, 6.07) is 13.7. The Morgan fingerprint density at radius 1 is 1.30 bits per heavy atom. The van der Waals surface area contributed by atoms with Gasteiger partial charge in [0.2, 0.25) is 0 Å². The Balaban J connectivity index is 1.43. The fourth-order valence-electron chi connectivity index (χ4n) is 3.51. The van der Waals surface area contributed by atoms with E-state index in [-0.39, 0.29) is 5.91 Å². The van der Waals surface area contributed by atoms with Crippen molar-refractivity contribution in [1.29, 1.82) is 0 Å². The Morgan fingerprint density at radius 3 is 3.07 bits per heavy atom. The van der Waals surface area contributed by atoms with Gasteiger partial charge in [-0.05, 0) is 50.2 Å². The minimum atomic E-state index is 0.0631. The highest BCUT2D eigenvalue weighted by atomic mass is 16.5. The van der Waals surface area contributed by atoms with Crippen molar-refractivity contribution in [2.75, 3.05) is 20.1 Å². The van der Waals surface area contributed by atoms with Crippen LogP contribution in [0.5, 0.6) is 5.75 Å². The van der Waals surface area contributed by atoms with Gasteiger partial charge in [-0.15, -0.1) is 0 Å². The highest BCUT2D eigenvalue weighted by Crippen LogP contribution is 2.19. The SMILES string of the molecule is CNC1CCCN(C(=O)c2cccc(OCc3cn4ccccc4n3)c2)C1. The molecule has 0 aliphatic carbocycles. The number of imidazole rings is 1. The maximum absolute atomic E-state index is 12.8. The Hall–Kier alpha value is -2.86. The minimum absolute atomic E-state index is 0.0631. The van der Waals surface area contributed by atoms with Gasteiger partial charge in [-0.3, -0.25) is 4.79 Å². The van der Waals surface area contributed by atoms with Crippen LogP contribution < -0.4 is 10.1 Å². The molecule has 1 aliphatic rings. The predicted octanol–water partition coefficient (Wildman–Crippen LogP) is 2.74. The van der Waals surface area contributed by atoms with E-state index in [0.29, 0.717) is 24.0 Å². The van der Waals surface area contributed by atoms with Gasteiger partial charge in [-0.1, -0.05) is 12.1 Å². The van der Waals surface area contributed by atoms with Gasteiger partial charge in [0.15, 0.2) is 0 Å². The Morgan fingerprint density at radius 2 is 2.22 bits per heavy atom. The molecule has 140 valence electrons. The van der Waals surface area contributed by atoms with Crippen LogP contribution in [-0.4, -0.2) is 46.4 Å². The number of nitrogens with one attached hydrogen (secondary N) is 1. The lowest BCUT2D eigenvalue weighted by atomic mass is 10.0. The summed E-state index contributed by atoms with van der Waals surface area (Å²) in [5.41, 5.74) is 2.41. The normalized spacial score (nSPS) is 17.2. The summed E-state index contributed by atoms with van der Waals surface area (Å²) >= 11 is 0. The molecule has 3 aromatic rings. The number of piperidine rings is 1. The van der Waals surface area contributed by atoms with E-state index < -0.39 is 0 Å². The fraction of sp³-hybridized carbons (Fsp3) is 0.333. The number of amides is 1. The summed E-state index contributed by atoms with van der Waals surface area (Å²) in [4.78, 5) is 19.3. The molecule has 1 aliphatic heterocycles. The number of fused-ring (bicyclic) bond motifs is 1. The molecule has 1 amide bonds. The number of likely N-dealkylation sites (N-methyl/N-ethyl adjacent to an activating group) is 1. The van der Waals surface area contributed by atoms with Crippen molar-refractivity contribution in [3.05, 3.63) is 66.1 Å². The Labute approximate surface area is 158 Å². The van der Waals surface area contributed by atoms with Crippen molar-refractivity contribution in [2.45, 2.75) is 25.5 Å². The minimum Gasteiger partial charge on any atom is -0.487 e. The molecule has 1 unspecified atom stereocenters. The number of benzene rings is 1. The van der Waals surface area contributed by atoms with E-state index in [1.54, 1.807) is 0 Å². The molecular formula is C21H24N4O2. The smallest absolute Gasteiger partial charge is 0.254 e. The van der Waals surface area contributed by atoms with Crippen molar-refractivity contribution in [3.63, 3.8) is 0 Å². The average molecular weight is 364 g/mol. The third-order valence-electron chi connectivity index (χ3n) is 5.00. The second-order valence-corrected chi connectivity index (χ2v) is 6.89. The predicted molar refractivity (Wildman–Crippen MR) is 104 cm³/mol. The van der Waals surface area contributed by atoms with Crippen LogP contribution in [0.2, 0.25) is 0 Å². The number of pyridine rings is 1. The van der Waals surface area contributed by atoms with Crippen LogP contribution in [0.3, 0.4) is 0 Å². The van der Waals surface area contributed by atoms with Crippen LogP contribution in [0.1, 0.15) is 28.9 Å². The number of hydrogen-bond acceptors (Lipinski definition) is 4. The monoisotopic (exact) mass is 364 g/mol. The molecular weight excluding hydrogens is 340 g/mol. The molecule has 3 heterocycles. The highest BCUT2D eigenvalue weighted by Gasteiger charge is 2.23. The maximum Gasteiger partial charge on any atom is 0.254 e. The molecule has 27 heavy (non-hydrogen) atoms. The number of carbonyl (C=O) groups is 1. The summed E-state index contributed by atoms with van der Waals surface area (Å²) in [7, 11) is 1.95. The van der Waals surface area contributed by atoms with Crippen LogP contribution in [0.4, 0.5) is 0 Å². The first-order valence-electron chi connectivity index (χ1n) is 9.35. The largest absolute Gasteiger partial charge is 0.487 e. The zero-order valence-electron chi connectivity index (χ0n) is 15.5. The third kappa shape index (κ3) is 3.95. The summed E-state index contributed by atoms with van der Waals surface area (Å²) in [5.74, 6) is 0.744. The molecule has 0 spiro atoms. The Bertz CT molecular complexity index is 904. The number of likely N-dealkylation sites (tertiary alicyclic amines) is 1. The van der Waals surface area contributed by atoms with Gasteiger partial charge in [0.05, 0.1) is 5.69 Å². The van der Waals surface area contributed by atoms with Gasteiger partial charge in [0.1, 0.15) is 18.0 Å². The zero-order chi connectivity index (χ0) is 18.6. The van der Waals surface area contributed by atoms with Gasteiger partial charge in [-0.2, -0.15) is 0 Å². The van der Waals surface area contributed by atoms with Crippen LogP contribution in [0.25, 0.3) is 5.65 Å². The second-order valence-electron chi connectivity index (χ2n) is 6.89. The van der Waals surface area contributed by atoms with Crippen molar-refractivity contribution >= 4 is 11.6 Å². The molecule has 1 N–H and O–H groups in total. The zero-order valence-corrected chi connectivity index (χ0v) is 15.5. The molecule has 0 radical (unpaired) electrons. The number of nitrogens with zero attached hydrogens (tertiary/aromatic N) is 3. The summed E-state index contributed by atoms with van der Waals surface area (Å²) in [5, 5.41) is 3.27. The first kappa shape index (κ1) is 17.5. The number of hydrogen-bond donors (Lipinski definition) is 1. The van der Waals surface area contributed by atoms with E-state index in [4.69, 9.17) is 4.74 Å². The molecule has 1 atom stereocenters. The van der Waals surface area contributed by atoms with E-state index >= 15 is 0 Å². The van der Waals surface area contributed by atoms with E-state index in [2.05, 4.69) is 10.3 Å². The molecule has 2 aromatic heterocycles. The van der Waals surface area contributed by atoms with Crippen LogP contribution in [0, 0.1) is 0 Å². The van der Waals surface area contributed by atoms with Crippen LogP contribution in [0.15, 0.2) is 54.9 Å². The van der Waals surface area contributed by atoms with E-state index in [1.807, 2.05) is 71.2 Å². The lowest BCUT2D eigenvalue weighted by Gasteiger charge is -2.32. The van der Waals surface area contributed by atoms with Crippen LogP contribution >= 0.6 is 0 Å². The topological polar surface area (TPSA) is 58.9 Å².